The summed E-state index contributed by atoms with van der Waals surface area (Å²) >= 11 is 0.746. The summed E-state index contributed by atoms with van der Waals surface area (Å²) in [6, 6.07) is 0.145. The molecule has 20 heavy (non-hydrogen) atoms. The fourth-order valence-electron chi connectivity index (χ4n) is 2.14. The lowest BCUT2D eigenvalue weighted by atomic mass is 10.2. The average Bonchev–Trinajstić information content (AvgIpc) is 2.94. The average molecular weight is 320 g/mol. The fourth-order valence-corrected chi connectivity index (χ4v) is 4.24. The molecular weight excluding hydrogens is 308 g/mol. The van der Waals surface area contributed by atoms with Crippen molar-refractivity contribution in [2.24, 2.45) is 0 Å². The first-order valence-corrected chi connectivity index (χ1v) is 8.40. The Morgan fingerprint density at radius 2 is 2.25 bits per heavy atom. The molecule has 1 aromatic rings. The van der Waals surface area contributed by atoms with E-state index in [0.717, 1.165) is 23.7 Å². The number of carboxylic acids is 1. The van der Waals surface area contributed by atoms with Gasteiger partial charge in [-0.25, -0.2) is 13.2 Å². The van der Waals surface area contributed by atoms with Crippen molar-refractivity contribution in [3.8, 4) is 0 Å². The molecule has 10 heteroatoms. The molecule has 1 aliphatic rings. The maximum atomic E-state index is 11.5. The minimum absolute atomic E-state index is 0.0975. The number of carbonyl (C=O) groups is 1. The molecule has 1 aliphatic heterocycles. The lowest BCUT2D eigenvalue weighted by Crippen LogP contribution is -2.35. The van der Waals surface area contributed by atoms with Crippen LogP contribution in [0.1, 0.15) is 12.8 Å². The van der Waals surface area contributed by atoms with Gasteiger partial charge in [0.15, 0.2) is 14.8 Å². The third-order valence-electron chi connectivity index (χ3n) is 3.03. The van der Waals surface area contributed by atoms with Gasteiger partial charge >= 0.3 is 11.7 Å². The van der Waals surface area contributed by atoms with E-state index in [-0.39, 0.29) is 14.9 Å². The van der Waals surface area contributed by atoms with Gasteiger partial charge in [0.1, 0.15) is 10.3 Å². The van der Waals surface area contributed by atoms with Crippen molar-refractivity contribution in [2.75, 3.05) is 17.7 Å². The molecule has 2 heterocycles. The first-order valence-electron chi connectivity index (χ1n) is 5.69. The Hall–Kier alpha value is -1.68. The van der Waals surface area contributed by atoms with Crippen molar-refractivity contribution in [3.63, 3.8) is 0 Å². The maximum absolute atomic E-state index is 11.5. The highest BCUT2D eigenvalue weighted by Gasteiger charge is 2.37. The summed E-state index contributed by atoms with van der Waals surface area (Å²) in [4.78, 5) is 22.9. The van der Waals surface area contributed by atoms with Gasteiger partial charge in [-0.15, -0.1) is 0 Å². The second-order valence-electron chi connectivity index (χ2n) is 4.47. The van der Waals surface area contributed by atoms with Crippen molar-refractivity contribution < 1.29 is 23.2 Å². The minimum atomic E-state index is -3.57. The molecule has 1 fully saturated rings. The van der Waals surface area contributed by atoms with Crippen molar-refractivity contribution in [3.05, 3.63) is 16.2 Å². The largest absolute Gasteiger partial charge is 0.480 e. The van der Waals surface area contributed by atoms with Gasteiger partial charge in [-0.05, 0) is 12.8 Å². The second-order valence-corrected chi connectivity index (χ2v) is 7.75. The highest BCUT2D eigenvalue weighted by atomic mass is 32.2. The third kappa shape index (κ3) is 2.61. The minimum Gasteiger partial charge on any atom is -0.480 e. The monoisotopic (exact) mass is 320 g/mol. The van der Waals surface area contributed by atoms with Gasteiger partial charge in [-0.3, -0.25) is 10.1 Å². The number of rotatable bonds is 4. The van der Waals surface area contributed by atoms with Gasteiger partial charge in [0.25, 0.3) is 0 Å². The normalized spacial score (nSPS) is 19.2. The summed E-state index contributed by atoms with van der Waals surface area (Å²) in [5, 5.41) is 20.3. The molecule has 1 aromatic heterocycles. The Morgan fingerprint density at radius 1 is 1.60 bits per heavy atom. The van der Waals surface area contributed by atoms with Crippen LogP contribution in [-0.4, -0.2) is 43.3 Å². The second kappa shape index (κ2) is 5.02. The van der Waals surface area contributed by atoms with E-state index in [0.29, 0.717) is 19.4 Å². The van der Waals surface area contributed by atoms with Crippen LogP contribution in [0.2, 0.25) is 0 Å². The van der Waals surface area contributed by atoms with Crippen LogP contribution in [0.25, 0.3) is 0 Å². The molecular formula is C10H12N2O6S2. The van der Waals surface area contributed by atoms with E-state index in [1.165, 1.54) is 4.90 Å². The van der Waals surface area contributed by atoms with Crippen molar-refractivity contribution in [2.45, 2.75) is 23.1 Å². The molecule has 0 spiro atoms. The van der Waals surface area contributed by atoms with Crippen LogP contribution >= 0.6 is 11.3 Å². The van der Waals surface area contributed by atoms with Crippen molar-refractivity contribution >= 4 is 37.8 Å². The van der Waals surface area contributed by atoms with E-state index in [1.807, 2.05) is 0 Å². The number of thiophene rings is 1. The summed E-state index contributed by atoms with van der Waals surface area (Å²) in [6.45, 7) is 0.363. The standard InChI is InChI=1S/C10H12N2O6S2/c1-20(17,18)8-5-7(12(15)16)9(19-8)11-4-2-3-6(11)10(13)14/h5-6H,2-4H2,1H3,(H,13,14)/t6-/m1/s1. The number of nitrogens with zero attached hydrogens (tertiary/aromatic N) is 2. The summed E-state index contributed by atoms with van der Waals surface area (Å²) < 4.78 is 22.9. The zero-order valence-electron chi connectivity index (χ0n) is 10.5. The molecule has 0 amide bonds. The first-order chi connectivity index (χ1) is 9.21. The molecule has 0 bridgehead atoms. The van der Waals surface area contributed by atoms with Crippen molar-refractivity contribution in [1.29, 1.82) is 0 Å². The Balaban J connectivity index is 2.53. The number of hydrogen-bond donors (Lipinski definition) is 1. The number of anilines is 1. The van der Waals surface area contributed by atoms with Crippen LogP contribution in [-0.2, 0) is 14.6 Å². The quantitative estimate of drug-likeness (QED) is 0.652. The molecule has 2 rings (SSSR count). The lowest BCUT2D eigenvalue weighted by molar-refractivity contribution is -0.383. The molecule has 8 nitrogen and oxygen atoms in total. The zero-order chi connectivity index (χ0) is 15.1. The fraction of sp³-hybridized carbons (Fsp3) is 0.500. The number of sulfone groups is 1. The Bertz CT molecular complexity index is 665. The Labute approximate surface area is 118 Å². The van der Waals surface area contributed by atoms with Crippen LogP contribution < -0.4 is 4.90 Å². The van der Waals surface area contributed by atoms with Gasteiger partial charge in [0.2, 0.25) is 0 Å². The Kier molecular flexibility index (Phi) is 3.69. The van der Waals surface area contributed by atoms with Crippen LogP contribution in [0.3, 0.4) is 0 Å². The number of nitro groups is 1. The molecule has 0 unspecified atom stereocenters. The van der Waals surface area contributed by atoms with E-state index in [1.54, 1.807) is 0 Å². The summed E-state index contributed by atoms with van der Waals surface area (Å²) in [5.41, 5.74) is -0.358. The van der Waals surface area contributed by atoms with Gasteiger partial charge in [0.05, 0.1) is 4.92 Å². The van der Waals surface area contributed by atoms with Crippen LogP contribution in [0.4, 0.5) is 10.7 Å². The number of hydrogen-bond acceptors (Lipinski definition) is 7. The van der Waals surface area contributed by atoms with Crippen molar-refractivity contribution in [1.82, 2.24) is 0 Å². The lowest BCUT2D eigenvalue weighted by Gasteiger charge is -2.20. The first kappa shape index (κ1) is 14.7. The van der Waals surface area contributed by atoms with E-state index in [9.17, 15) is 23.3 Å². The molecule has 0 aromatic carbocycles. The zero-order valence-corrected chi connectivity index (χ0v) is 12.1. The smallest absolute Gasteiger partial charge is 0.326 e. The van der Waals surface area contributed by atoms with E-state index in [4.69, 9.17) is 5.11 Å². The summed E-state index contributed by atoms with van der Waals surface area (Å²) in [5.74, 6) is -1.06. The molecule has 0 saturated carbocycles. The summed E-state index contributed by atoms with van der Waals surface area (Å²) in [7, 11) is -3.57. The van der Waals surface area contributed by atoms with Gasteiger partial charge in [0, 0.05) is 18.9 Å². The maximum Gasteiger partial charge on any atom is 0.326 e. The van der Waals surface area contributed by atoms with Crippen LogP contribution in [0.5, 0.6) is 0 Å². The predicted molar refractivity (Wildman–Crippen MR) is 72.1 cm³/mol. The highest BCUT2D eigenvalue weighted by Crippen LogP contribution is 2.42. The Morgan fingerprint density at radius 3 is 2.75 bits per heavy atom. The molecule has 110 valence electrons. The van der Waals surface area contributed by atoms with Gasteiger partial charge < -0.3 is 10.0 Å². The molecule has 1 saturated heterocycles. The topological polar surface area (TPSA) is 118 Å². The van der Waals surface area contributed by atoms with Gasteiger partial charge in [-0.1, -0.05) is 11.3 Å². The molecule has 0 radical (unpaired) electrons. The molecule has 0 aliphatic carbocycles. The summed E-state index contributed by atoms with van der Waals surface area (Å²) in [6.07, 6.45) is 1.95. The van der Waals surface area contributed by atoms with E-state index >= 15 is 0 Å². The molecule has 1 atom stereocenters. The molecule has 1 N–H and O–H groups in total. The SMILES string of the molecule is CS(=O)(=O)c1cc([N+](=O)[O-])c(N2CCC[C@@H]2C(=O)O)s1. The predicted octanol–water partition coefficient (Wildman–Crippen LogP) is 1.11. The number of aliphatic carboxylic acids is 1. The van der Waals surface area contributed by atoms with E-state index < -0.39 is 26.8 Å². The highest BCUT2D eigenvalue weighted by molar-refractivity contribution is 7.92. The van der Waals surface area contributed by atoms with Gasteiger partial charge in [-0.2, -0.15) is 0 Å². The van der Waals surface area contributed by atoms with E-state index in [2.05, 4.69) is 0 Å². The number of carboxylic acid groups (broad SMARTS) is 1. The van der Waals surface area contributed by atoms with Crippen LogP contribution in [0.15, 0.2) is 10.3 Å². The third-order valence-corrected chi connectivity index (χ3v) is 5.99. The van der Waals surface area contributed by atoms with Crippen LogP contribution in [0, 0.1) is 10.1 Å².